The molecule has 2 atom stereocenters. The van der Waals surface area contributed by atoms with Gasteiger partial charge in [-0.2, -0.15) is 0 Å². The number of allylic oxidation sites excluding steroid dienone is 2. The van der Waals surface area contributed by atoms with E-state index in [1.807, 2.05) is 12.2 Å². The normalized spacial score (nSPS) is 21.5. The molecule has 0 aromatic heterocycles. The monoisotopic (exact) mass is 355 g/mol. The van der Waals surface area contributed by atoms with Crippen molar-refractivity contribution in [2.45, 2.75) is 19.4 Å². The fraction of sp³-hybridized carbons (Fsp3) is 0.368. The molecule has 0 saturated carbocycles. The topological polar surface area (TPSA) is 95.6 Å². The SMILES string of the molecule is CNC(=O)c1cccc(CNC(=O)CN2C(=O)C3CC=CCC3C2=O)c1. The molecular formula is C19H21N3O4. The lowest BCUT2D eigenvalue weighted by molar-refractivity contribution is -0.143. The number of carbonyl (C=O) groups excluding carboxylic acids is 4. The van der Waals surface area contributed by atoms with Crippen molar-refractivity contribution in [3.63, 3.8) is 0 Å². The smallest absolute Gasteiger partial charge is 0.251 e. The first kappa shape index (κ1) is 17.8. The Bertz CT molecular complexity index is 761. The molecule has 2 aliphatic rings. The fourth-order valence-electron chi connectivity index (χ4n) is 3.39. The average Bonchev–Trinajstić information content (AvgIpc) is 2.91. The molecule has 1 saturated heterocycles. The highest BCUT2D eigenvalue weighted by atomic mass is 16.2. The number of rotatable bonds is 5. The number of benzene rings is 1. The van der Waals surface area contributed by atoms with Crippen molar-refractivity contribution in [3.05, 3.63) is 47.5 Å². The lowest BCUT2D eigenvalue weighted by atomic mass is 9.85. The lowest BCUT2D eigenvalue weighted by Crippen LogP contribution is -2.40. The van der Waals surface area contributed by atoms with Crippen molar-refractivity contribution in [1.29, 1.82) is 0 Å². The zero-order chi connectivity index (χ0) is 18.7. The summed E-state index contributed by atoms with van der Waals surface area (Å²) in [5, 5.41) is 5.24. The van der Waals surface area contributed by atoms with E-state index in [2.05, 4.69) is 10.6 Å². The second kappa shape index (κ2) is 7.51. The van der Waals surface area contributed by atoms with Gasteiger partial charge in [0.25, 0.3) is 5.91 Å². The van der Waals surface area contributed by atoms with Crippen LogP contribution >= 0.6 is 0 Å². The second-order valence-corrected chi connectivity index (χ2v) is 6.47. The summed E-state index contributed by atoms with van der Waals surface area (Å²) >= 11 is 0. The molecule has 0 spiro atoms. The minimum Gasteiger partial charge on any atom is -0.355 e. The van der Waals surface area contributed by atoms with Gasteiger partial charge in [-0.15, -0.1) is 0 Å². The molecule has 0 radical (unpaired) electrons. The number of likely N-dealkylation sites (tertiary alicyclic amines) is 1. The molecule has 136 valence electrons. The highest BCUT2D eigenvalue weighted by molar-refractivity contribution is 6.07. The van der Waals surface area contributed by atoms with Gasteiger partial charge in [0.2, 0.25) is 17.7 Å². The quantitative estimate of drug-likeness (QED) is 0.598. The maximum Gasteiger partial charge on any atom is 0.251 e. The number of hydrogen-bond acceptors (Lipinski definition) is 4. The average molecular weight is 355 g/mol. The number of carbonyl (C=O) groups is 4. The highest BCUT2D eigenvalue weighted by Crippen LogP contribution is 2.34. The number of fused-ring (bicyclic) bond motifs is 1. The molecule has 1 aromatic carbocycles. The molecule has 1 aromatic rings. The third kappa shape index (κ3) is 3.51. The molecular weight excluding hydrogens is 334 g/mol. The van der Waals surface area contributed by atoms with Gasteiger partial charge < -0.3 is 10.6 Å². The van der Waals surface area contributed by atoms with Gasteiger partial charge >= 0.3 is 0 Å². The van der Waals surface area contributed by atoms with Crippen LogP contribution in [0.25, 0.3) is 0 Å². The van der Waals surface area contributed by atoms with Crippen molar-refractivity contribution in [3.8, 4) is 0 Å². The molecule has 4 amide bonds. The minimum absolute atomic E-state index is 0.206. The van der Waals surface area contributed by atoms with Crippen molar-refractivity contribution in [2.24, 2.45) is 11.8 Å². The van der Waals surface area contributed by atoms with Crippen LogP contribution in [-0.2, 0) is 20.9 Å². The second-order valence-electron chi connectivity index (χ2n) is 6.47. The Hall–Kier alpha value is -2.96. The van der Waals surface area contributed by atoms with Gasteiger partial charge in [0.15, 0.2) is 0 Å². The van der Waals surface area contributed by atoms with Crippen molar-refractivity contribution in [2.75, 3.05) is 13.6 Å². The third-order valence-electron chi connectivity index (χ3n) is 4.81. The Labute approximate surface area is 151 Å². The van der Waals surface area contributed by atoms with Crippen LogP contribution in [0, 0.1) is 11.8 Å². The van der Waals surface area contributed by atoms with E-state index in [-0.39, 0.29) is 42.6 Å². The first-order valence-electron chi connectivity index (χ1n) is 8.59. The summed E-state index contributed by atoms with van der Waals surface area (Å²) in [6, 6.07) is 6.89. The summed E-state index contributed by atoms with van der Waals surface area (Å²) in [6.45, 7) is -0.0475. The number of nitrogens with zero attached hydrogens (tertiary/aromatic N) is 1. The molecule has 26 heavy (non-hydrogen) atoms. The Balaban J connectivity index is 1.57. The number of nitrogens with one attached hydrogen (secondary N) is 2. The molecule has 3 rings (SSSR count). The van der Waals surface area contributed by atoms with Gasteiger partial charge in [0, 0.05) is 19.2 Å². The molecule has 0 bridgehead atoms. The first-order valence-corrected chi connectivity index (χ1v) is 8.59. The predicted octanol–water partition coefficient (Wildman–Crippen LogP) is 0.614. The molecule has 2 N–H and O–H groups in total. The summed E-state index contributed by atoms with van der Waals surface area (Å²) in [5.41, 5.74) is 1.26. The van der Waals surface area contributed by atoms with Crippen LogP contribution in [0.5, 0.6) is 0 Å². The van der Waals surface area contributed by atoms with Crippen LogP contribution in [0.1, 0.15) is 28.8 Å². The van der Waals surface area contributed by atoms with Crippen molar-refractivity contribution in [1.82, 2.24) is 15.5 Å². The lowest BCUT2D eigenvalue weighted by Gasteiger charge is -2.14. The zero-order valence-electron chi connectivity index (χ0n) is 14.5. The minimum atomic E-state index is -0.399. The van der Waals surface area contributed by atoms with Gasteiger partial charge in [-0.3, -0.25) is 24.1 Å². The van der Waals surface area contributed by atoms with Crippen LogP contribution in [0.3, 0.4) is 0 Å². The van der Waals surface area contributed by atoms with E-state index in [1.54, 1.807) is 31.3 Å². The third-order valence-corrected chi connectivity index (χ3v) is 4.81. The van der Waals surface area contributed by atoms with E-state index in [9.17, 15) is 19.2 Å². The summed E-state index contributed by atoms with van der Waals surface area (Å²) in [7, 11) is 1.55. The van der Waals surface area contributed by atoms with Gasteiger partial charge in [0.05, 0.1) is 11.8 Å². The summed E-state index contributed by atoms with van der Waals surface area (Å²) in [6.07, 6.45) is 4.93. The van der Waals surface area contributed by atoms with Gasteiger partial charge in [-0.05, 0) is 30.5 Å². The van der Waals surface area contributed by atoms with Crippen molar-refractivity contribution >= 4 is 23.6 Å². The molecule has 1 heterocycles. The van der Waals surface area contributed by atoms with E-state index >= 15 is 0 Å². The van der Waals surface area contributed by atoms with Crippen molar-refractivity contribution < 1.29 is 19.2 Å². The number of imide groups is 1. The molecule has 7 nitrogen and oxygen atoms in total. The van der Waals surface area contributed by atoms with Crippen LogP contribution in [0.15, 0.2) is 36.4 Å². The van der Waals surface area contributed by atoms with Crippen LogP contribution in [0.2, 0.25) is 0 Å². The molecule has 1 aliphatic heterocycles. The van der Waals surface area contributed by atoms with E-state index in [0.717, 1.165) is 10.5 Å². The fourth-order valence-corrected chi connectivity index (χ4v) is 3.39. The van der Waals surface area contributed by atoms with Crippen LogP contribution in [-0.4, -0.2) is 42.1 Å². The maximum atomic E-state index is 12.4. The van der Waals surface area contributed by atoms with Crippen LogP contribution in [0.4, 0.5) is 0 Å². The maximum absolute atomic E-state index is 12.4. The summed E-state index contributed by atoms with van der Waals surface area (Å²) in [5.74, 6) is -1.79. The largest absolute Gasteiger partial charge is 0.355 e. The highest BCUT2D eigenvalue weighted by Gasteiger charge is 2.47. The Morgan fingerprint density at radius 1 is 1.12 bits per heavy atom. The Morgan fingerprint density at radius 3 is 2.38 bits per heavy atom. The Morgan fingerprint density at radius 2 is 1.77 bits per heavy atom. The standard InChI is InChI=1S/C19H21N3O4/c1-20-17(24)13-6-4-5-12(9-13)10-21-16(23)11-22-18(25)14-7-2-3-8-15(14)19(22)26/h2-6,9,14-15H,7-8,10-11H2,1H3,(H,20,24)(H,21,23). The molecule has 7 heteroatoms. The Kier molecular flexibility index (Phi) is 5.16. The van der Waals surface area contributed by atoms with Crippen LogP contribution < -0.4 is 10.6 Å². The summed E-state index contributed by atoms with van der Waals surface area (Å²) < 4.78 is 0. The predicted molar refractivity (Wildman–Crippen MR) is 93.8 cm³/mol. The first-order chi connectivity index (χ1) is 12.5. The van der Waals surface area contributed by atoms with E-state index in [0.29, 0.717) is 18.4 Å². The summed E-state index contributed by atoms with van der Waals surface area (Å²) in [4.78, 5) is 49.6. The van der Waals surface area contributed by atoms with Gasteiger partial charge in [-0.1, -0.05) is 24.3 Å². The van der Waals surface area contributed by atoms with E-state index in [1.165, 1.54) is 0 Å². The zero-order valence-corrected chi connectivity index (χ0v) is 14.5. The number of amides is 4. The van der Waals surface area contributed by atoms with E-state index in [4.69, 9.17) is 0 Å². The number of hydrogen-bond donors (Lipinski definition) is 2. The molecule has 1 aliphatic carbocycles. The molecule has 2 unspecified atom stereocenters. The van der Waals surface area contributed by atoms with Gasteiger partial charge in [0.1, 0.15) is 6.54 Å². The van der Waals surface area contributed by atoms with Gasteiger partial charge in [-0.25, -0.2) is 0 Å². The van der Waals surface area contributed by atoms with E-state index < -0.39 is 5.91 Å². The molecule has 1 fully saturated rings.